The Kier molecular flexibility index (Phi) is 3.30. The number of esters is 1. The van der Waals surface area contributed by atoms with Crippen LogP contribution in [-0.2, 0) is 11.3 Å². The van der Waals surface area contributed by atoms with Crippen LogP contribution in [-0.4, -0.2) is 12.5 Å². The molecule has 3 nitrogen and oxygen atoms in total. The van der Waals surface area contributed by atoms with E-state index in [1.165, 1.54) is 0 Å². The van der Waals surface area contributed by atoms with Crippen molar-refractivity contribution in [1.82, 2.24) is 0 Å². The Morgan fingerprint density at radius 3 is 2.94 bits per heavy atom. The number of halogens is 1. The number of nitrogens with two attached hydrogens (primary N) is 1. The van der Waals surface area contributed by atoms with E-state index in [2.05, 4.69) is 22.9 Å². The van der Waals surface area contributed by atoms with Gasteiger partial charge in [0.15, 0.2) is 0 Å². The lowest BCUT2D eigenvalue weighted by Crippen LogP contribution is -2.14. The summed E-state index contributed by atoms with van der Waals surface area (Å²) >= 11 is 3.53. The molecule has 0 amide bonds. The first-order valence-electron chi connectivity index (χ1n) is 5.37. The van der Waals surface area contributed by atoms with Crippen LogP contribution in [0.25, 0.3) is 0 Å². The van der Waals surface area contributed by atoms with Gasteiger partial charge in [0.25, 0.3) is 0 Å². The predicted octanol–water partition coefficient (Wildman–Crippen LogP) is 2.57. The first kappa shape index (κ1) is 11.6. The summed E-state index contributed by atoms with van der Waals surface area (Å²) in [4.78, 5) is 11.5. The summed E-state index contributed by atoms with van der Waals surface area (Å²) in [6.45, 7) is 3.06. The molecule has 1 aliphatic rings. The molecule has 1 aromatic rings. The molecule has 0 bridgehead atoms. The number of cyclic esters (lactones) is 1. The summed E-state index contributed by atoms with van der Waals surface area (Å²) in [7, 11) is 0. The van der Waals surface area contributed by atoms with E-state index in [-0.39, 0.29) is 11.9 Å². The molecule has 1 heterocycles. The van der Waals surface area contributed by atoms with Gasteiger partial charge >= 0.3 is 5.97 Å². The van der Waals surface area contributed by atoms with Gasteiger partial charge in [-0.15, -0.1) is 0 Å². The molecule has 1 atom stereocenters. The monoisotopic (exact) mass is 283 g/mol. The van der Waals surface area contributed by atoms with Crippen LogP contribution in [0.15, 0.2) is 16.6 Å². The van der Waals surface area contributed by atoms with E-state index in [1.807, 2.05) is 12.1 Å². The summed E-state index contributed by atoms with van der Waals surface area (Å²) in [5.74, 6) is 0.0504. The highest BCUT2D eigenvalue weighted by Gasteiger charge is 2.27. The third kappa shape index (κ3) is 1.76. The van der Waals surface area contributed by atoms with E-state index < -0.39 is 0 Å². The SMILES string of the molecule is CCC(CN)c1c(Br)ccc2c1COC2=O. The third-order valence-electron chi connectivity index (χ3n) is 3.06. The van der Waals surface area contributed by atoms with Gasteiger partial charge in [0.2, 0.25) is 0 Å². The Morgan fingerprint density at radius 2 is 2.31 bits per heavy atom. The largest absolute Gasteiger partial charge is 0.457 e. The van der Waals surface area contributed by atoms with Crippen LogP contribution >= 0.6 is 15.9 Å². The maximum Gasteiger partial charge on any atom is 0.338 e. The van der Waals surface area contributed by atoms with Crippen LogP contribution in [0.2, 0.25) is 0 Å². The average Bonchev–Trinajstić information content (AvgIpc) is 2.65. The van der Waals surface area contributed by atoms with Crippen LogP contribution in [0.1, 0.15) is 40.7 Å². The molecule has 16 heavy (non-hydrogen) atoms. The highest BCUT2D eigenvalue weighted by Crippen LogP contribution is 2.35. The standard InChI is InChI=1S/C12H14BrNO2/c1-2-7(5-14)11-9-6-16-12(15)8(9)3-4-10(11)13/h3-4,7H,2,5-6,14H2,1H3. The van der Waals surface area contributed by atoms with E-state index in [9.17, 15) is 4.79 Å². The van der Waals surface area contributed by atoms with Crippen molar-refractivity contribution < 1.29 is 9.53 Å². The fraction of sp³-hybridized carbons (Fsp3) is 0.417. The zero-order valence-electron chi connectivity index (χ0n) is 9.13. The van der Waals surface area contributed by atoms with Gasteiger partial charge in [-0.1, -0.05) is 22.9 Å². The number of rotatable bonds is 3. The molecule has 2 N–H and O–H groups in total. The first-order valence-corrected chi connectivity index (χ1v) is 6.16. The lowest BCUT2D eigenvalue weighted by atomic mass is 9.90. The summed E-state index contributed by atoms with van der Waals surface area (Å²) in [5, 5.41) is 0. The van der Waals surface area contributed by atoms with Gasteiger partial charge in [-0.25, -0.2) is 4.79 Å². The Balaban J connectivity index is 2.56. The zero-order valence-corrected chi connectivity index (χ0v) is 10.7. The summed E-state index contributed by atoms with van der Waals surface area (Å²) in [6.07, 6.45) is 0.958. The average molecular weight is 284 g/mol. The molecule has 0 fully saturated rings. The minimum absolute atomic E-state index is 0.226. The molecule has 0 spiro atoms. The molecule has 1 unspecified atom stereocenters. The second kappa shape index (κ2) is 4.55. The summed E-state index contributed by atoms with van der Waals surface area (Å²) in [6, 6.07) is 3.71. The van der Waals surface area contributed by atoms with Gasteiger partial charge in [0, 0.05) is 10.0 Å². The number of hydrogen-bond acceptors (Lipinski definition) is 3. The van der Waals surface area contributed by atoms with E-state index in [4.69, 9.17) is 10.5 Å². The normalized spacial score (nSPS) is 15.8. The maximum atomic E-state index is 11.5. The summed E-state index contributed by atoms with van der Waals surface area (Å²) < 4.78 is 6.07. The Morgan fingerprint density at radius 1 is 1.56 bits per heavy atom. The molecule has 0 saturated carbocycles. The van der Waals surface area contributed by atoms with Crippen molar-refractivity contribution in [1.29, 1.82) is 0 Å². The predicted molar refractivity (Wildman–Crippen MR) is 65.3 cm³/mol. The molecule has 1 aromatic carbocycles. The second-order valence-corrected chi connectivity index (χ2v) is 4.76. The zero-order chi connectivity index (χ0) is 11.7. The van der Waals surface area contributed by atoms with Crippen LogP contribution in [0, 0.1) is 0 Å². The van der Waals surface area contributed by atoms with Gasteiger partial charge in [-0.2, -0.15) is 0 Å². The Bertz CT molecular complexity index is 427. The van der Waals surface area contributed by atoms with E-state index in [0.717, 1.165) is 22.0 Å². The van der Waals surface area contributed by atoms with Crippen LogP contribution < -0.4 is 5.73 Å². The van der Waals surface area contributed by atoms with Crippen LogP contribution in [0.5, 0.6) is 0 Å². The van der Waals surface area contributed by atoms with Crippen molar-refractivity contribution in [2.75, 3.05) is 6.54 Å². The quantitative estimate of drug-likeness (QED) is 0.868. The molecule has 0 saturated heterocycles. The van der Waals surface area contributed by atoms with E-state index in [0.29, 0.717) is 18.7 Å². The minimum Gasteiger partial charge on any atom is -0.457 e. The van der Waals surface area contributed by atoms with E-state index in [1.54, 1.807) is 0 Å². The van der Waals surface area contributed by atoms with Crippen molar-refractivity contribution in [2.45, 2.75) is 25.9 Å². The molecule has 86 valence electrons. The number of carbonyl (C=O) groups is 1. The first-order chi connectivity index (χ1) is 7.69. The van der Waals surface area contributed by atoms with Crippen molar-refractivity contribution in [3.8, 4) is 0 Å². The van der Waals surface area contributed by atoms with Gasteiger partial charge < -0.3 is 10.5 Å². The number of hydrogen-bond donors (Lipinski definition) is 1. The third-order valence-corrected chi connectivity index (χ3v) is 3.75. The molecular weight excluding hydrogens is 270 g/mol. The second-order valence-electron chi connectivity index (χ2n) is 3.90. The molecule has 4 heteroatoms. The van der Waals surface area contributed by atoms with Gasteiger partial charge in [0.1, 0.15) is 6.61 Å². The van der Waals surface area contributed by atoms with Crippen molar-refractivity contribution in [3.05, 3.63) is 33.3 Å². The van der Waals surface area contributed by atoms with Gasteiger partial charge in [-0.3, -0.25) is 0 Å². The lowest BCUT2D eigenvalue weighted by Gasteiger charge is -2.17. The van der Waals surface area contributed by atoms with Gasteiger partial charge in [0.05, 0.1) is 5.56 Å². The highest BCUT2D eigenvalue weighted by molar-refractivity contribution is 9.10. The topological polar surface area (TPSA) is 52.3 Å². The smallest absolute Gasteiger partial charge is 0.338 e. The molecule has 2 rings (SSSR count). The molecule has 0 aliphatic carbocycles. The van der Waals surface area contributed by atoms with Gasteiger partial charge in [-0.05, 0) is 36.6 Å². The Labute approximate surface area is 103 Å². The highest BCUT2D eigenvalue weighted by atomic mass is 79.9. The minimum atomic E-state index is -0.226. The number of carbonyl (C=O) groups excluding carboxylic acids is 1. The molecule has 0 radical (unpaired) electrons. The Hall–Kier alpha value is -0.870. The maximum absolute atomic E-state index is 11.5. The number of fused-ring (bicyclic) bond motifs is 1. The fourth-order valence-electron chi connectivity index (χ4n) is 2.13. The molecular formula is C12H14BrNO2. The summed E-state index contributed by atoms with van der Waals surface area (Å²) in [5.41, 5.74) is 8.58. The van der Waals surface area contributed by atoms with Crippen molar-refractivity contribution in [3.63, 3.8) is 0 Å². The number of benzene rings is 1. The lowest BCUT2D eigenvalue weighted by molar-refractivity contribution is 0.0534. The van der Waals surface area contributed by atoms with E-state index >= 15 is 0 Å². The number of ether oxygens (including phenoxy) is 1. The van der Waals surface area contributed by atoms with Crippen molar-refractivity contribution in [2.24, 2.45) is 5.73 Å². The fourth-order valence-corrected chi connectivity index (χ4v) is 2.82. The van der Waals surface area contributed by atoms with Crippen LogP contribution in [0.4, 0.5) is 0 Å². The van der Waals surface area contributed by atoms with Crippen LogP contribution in [0.3, 0.4) is 0 Å². The molecule has 1 aliphatic heterocycles. The molecule has 0 aromatic heterocycles. The van der Waals surface area contributed by atoms with Crippen molar-refractivity contribution >= 4 is 21.9 Å².